The average molecular weight is 501 g/mol. The third-order valence-electron chi connectivity index (χ3n) is 5.55. The van der Waals surface area contributed by atoms with Crippen LogP contribution in [-0.2, 0) is 11.0 Å². The first-order valence-corrected chi connectivity index (χ1v) is 11.0. The molecule has 0 saturated carbocycles. The predicted octanol–water partition coefficient (Wildman–Crippen LogP) is 2.04. The predicted molar refractivity (Wildman–Crippen MR) is 127 cm³/mol. The Hall–Kier alpha value is -3.10. The van der Waals surface area contributed by atoms with Crippen LogP contribution in [0.1, 0.15) is 46.7 Å². The van der Waals surface area contributed by atoms with E-state index in [0.717, 1.165) is 6.07 Å². The van der Waals surface area contributed by atoms with Crippen molar-refractivity contribution in [1.82, 2.24) is 20.4 Å². The van der Waals surface area contributed by atoms with Gasteiger partial charge in [0.15, 0.2) is 11.5 Å². The number of nitrogens with one attached hydrogen (secondary N) is 1. The topological polar surface area (TPSA) is 116 Å². The van der Waals surface area contributed by atoms with Crippen molar-refractivity contribution in [3.05, 3.63) is 53.2 Å². The van der Waals surface area contributed by atoms with Crippen LogP contribution in [0.25, 0.3) is 0 Å². The van der Waals surface area contributed by atoms with Crippen LogP contribution in [0, 0.1) is 5.92 Å². The number of amides is 2. The fourth-order valence-corrected chi connectivity index (χ4v) is 3.77. The number of piperazine rings is 1. The van der Waals surface area contributed by atoms with Crippen LogP contribution in [0.3, 0.4) is 0 Å². The number of halogens is 3. The van der Waals surface area contributed by atoms with Crippen molar-refractivity contribution in [3.63, 3.8) is 0 Å². The number of nitrogens with zero attached hydrogens (tertiary/aromatic N) is 4. The van der Waals surface area contributed by atoms with Crippen LogP contribution in [0.4, 0.5) is 19.0 Å². The molecule has 0 radical (unpaired) electrons. The van der Waals surface area contributed by atoms with Gasteiger partial charge in [-0.3, -0.25) is 9.59 Å². The fraction of sp³-hybridized carbons (Fsp3) is 0.435. The van der Waals surface area contributed by atoms with E-state index in [1.807, 2.05) is 13.8 Å². The summed E-state index contributed by atoms with van der Waals surface area (Å²) in [6.45, 7) is 4.69. The van der Waals surface area contributed by atoms with Crippen molar-refractivity contribution in [3.8, 4) is 0 Å². The molecule has 3 rings (SSSR count). The van der Waals surface area contributed by atoms with E-state index in [2.05, 4.69) is 15.5 Å². The first kappa shape index (κ1) is 29.1. The molecular weight excluding hydrogens is 474 g/mol. The summed E-state index contributed by atoms with van der Waals surface area (Å²) in [6, 6.07) is 6.62. The maximum absolute atomic E-state index is 13.3. The molecule has 190 valence electrons. The Balaban J connectivity index is 0.00000456. The first-order valence-electron chi connectivity index (χ1n) is 11.0. The second-order valence-corrected chi connectivity index (χ2v) is 8.59. The van der Waals surface area contributed by atoms with Gasteiger partial charge in [0.05, 0.1) is 11.1 Å². The van der Waals surface area contributed by atoms with Gasteiger partial charge in [-0.2, -0.15) is 13.2 Å². The molecule has 2 N–H and O–H groups in total. The molecule has 36 heavy (non-hydrogen) atoms. The maximum atomic E-state index is 13.3. The van der Waals surface area contributed by atoms with Gasteiger partial charge in [0.2, 0.25) is 0 Å². The van der Waals surface area contributed by atoms with Gasteiger partial charge in [-0.15, -0.1) is 10.2 Å². The van der Waals surface area contributed by atoms with E-state index in [1.54, 1.807) is 11.0 Å². The van der Waals surface area contributed by atoms with Crippen molar-refractivity contribution >= 4 is 42.5 Å². The summed E-state index contributed by atoms with van der Waals surface area (Å²) < 4.78 is 39.8. The number of hydrogen-bond donors (Lipinski definition) is 2. The van der Waals surface area contributed by atoms with E-state index in [9.17, 15) is 32.7 Å². The summed E-state index contributed by atoms with van der Waals surface area (Å²) >= 11 is 0. The van der Waals surface area contributed by atoms with Crippen LogP contribution in [0.5, 0.6) is 0 Å². The minimum absolute atomic E-state index is 0. The monoisotopic (exact) mass is 501 g/mol. The molecule has 1 unspecified atom stereocenters. The standard InChI is InChI=1S/C23H26F3N5O4.Li.H/c1-14(2)13-18(22(34)35)27-20(32)17-7-8-19(29-28-17)30-9-11-31(12-10-30)21(33)15-5-3-4-6-16(15)23(24,25)26;;/h3-8,14,18H,9-13H2,1-2H3,(H,27,32)(H,34,35);;. The Labute approximate surface area is 218 Å². The van der Waals surface area contributed by atoms with Gasteiger partial charge in [-0.1, -0.05) is 26.0 Å². The number of carbonyl (C=O) groups is 3. The fourth-order valence-electron chi connectivity index (χ4n) is 3.77. The van der Waals surface area contributed by atoms with E-state index in [1.165, 1.54) is 29.2 Å². The Bertz CT molecular complexity index is 1070. The summed E-state index contributed by atoms with van der Waals surface area (Å²) in [7, 11) is 0. The third kappa shape index (κ3) is 7.21. The van der Waals surface area contributed by atoms with E-state index < -0.39 is 35.6 Å². The first-order chi connectivity index (χ1) is 16.5. The van der Waals surface area contributed by atoms with Gasteiger partial charge in [0.1, 0.15) is 6.04 Å². The summed E-state index contributed by atoms with van der Waals surface area (Å²) in [5.41, 5.74) is -1.40. The average Bonchev–Trinajstić information content (AvgIpc) is 2.82. The van der Waals surface area contributed by atoms with Gasteiger partial charge >= 0.3 is 31.0 Å². The number of alkyl halides is 3. The molecule has 2 aromatic rings. The molecule has 0 spiro atoms. The van der Waals surface area contributed by atoms with Crippen molar-refractivity contribution in [2.24, 2.45) is 5.92 Å². The molecule has 9 nitrogen and oxygen atoms in total. The van der Waals surface area contributed by atoms with Gasteiger partial charge in [-0.05, 0) is 36.6 Å². The second-order valence-electron chi connectivity index (χ2n) is 8.59. The van der Waals surface area contributed by atoms with Crippen molar-refractivity contribution < 1.29 is 32.7 Å². The van der Waals surface area contributed by atoms with Crippen LogP contribution in [0.15, 0.2) is 36.4 Å². The molecule has 2 amide bonds. The summed E-state index contributed by atoms with van der Waals surface area (Å²) in [4.78, 5) is 39.6. The molecule has 2 heterocycles. The van der Waals surface area contributed by atoms with E-state index in [0.29, 0.717) is 18.9 Å². The van der Waals surface area contributed by atoms with Crippen molar-refractivity contribution in [2.45, 2.75) is 32.5 Å². The van der Waals surface area contributed by atoms with Crippen molar-refractivity contribution in [2.75, 3.05) is 31.1 Å². The Morgan fingerprint density at radius 3 is 2.19 bits per heavy atom. The number of carboxylic acids is 1. The molecule has 1 atom stereocenters. The number of rotatable bonds is 7. The third-order valence-corrected chi connectivity index (χ3v) is 5.55. The molecule has 0 bridgehead atoms. The zero-order valence-corrected chi connectivity index (χ0v) is 19.2. The molecular formula is C23H27F3LiN5O4. The molecule has 1 aliphatic rings. The molecule has 13 heteroatoms. The van der Waals surface area contributed by atoms with Gasteiger partial charge in [-0.25, -0.2) is 4.79 Å². The molecule has 1 aromatic carbocycles. The molecule has 1 aliphatic heterocycles. The van der Waals surface area contributed by atoms with Crippen LogP contribution < -0.4 is 10.2 Å². The summed E-state index contributed by atoms with van der Waals surface area (Å²) in [6.07, 6.45) is -4.36. The van der Waals surface area contributed by atoms with Gasteiger partial charge in [0.25, 0.3) is 11.8 Å². The molecule has 0 aliphatic carbocycles. The Morgan fingerprint density at radius 2 is 1.67 bits per heavy atom. The SMILES string of the molecule is CC(C)CC(NC(=O)c1ccc(N2CCN(C(=O)c3ccccc3C(F)(F)F)CC2)nn1)C(=O)O.[LiH]. The van der Waals surface area contributed by atoms with Crippen molar-refractivity contribution in [1.29, 1.82) is 0 Å². The quantitative estimate of drug-likeness (QED) is 0.558. The second kappa shape index (κ2) is 12.2. The Kier molecular flexibility index (Phi) is 9.90. The van der Waals surface area contributed by atoms with Crippen LogP contribution in [-0.4, -0.2) is 89.1 Å². The summed E-state index contributed by atoms with van der Waals surface area (Å²) in [5.74, 6) is -1.98. The van der Waals surface area contributed by atoms with Crippen LogP contribution in [0.2, 0.25) is 0 Å². The zero-order valence-electron chi connectivity index (χ0n) is 19.2. The molecule has 1 fully saturated rings. The zero-order chi connectivity index (χ0) is 25.8. The molecule has 1 aromatic heterocycles. The number of carboxylic acid groups (broad SMARTS) is 1. The van der Waals surface area contributed by atoms with Gasteiger partial charge < -0.3 is 20.2 Å². The number of carbonyl (C=O) groups excluding carboxylic acids is 2. The number of hydrogen-bond acceptors (Lipinski definition) is 6. The molecule has 1 saturated heterocycles. The number of benzene rings is 1. The van der Waals surface area contributed by atoms with E-state index in [-0.39, 0.29) is 55.5 Å². The minimum atomic E-state index is -4.63. The number of aliphatic carboxylic acids is 1. The summed E-state index contributed by atoms with van der Waals surface area (Å²) in [5, 5.41) is 19.6. The van der Waals surface area contributed by atoms with Gasteiger partial charge in [0, 0.05) is 26.2 Å². The number of anilines is 1. The van der Waals surface area contributed by atoms with Crippen LogP contribution >= 0.6 is 0 Å². The Morgan fingerprint density at radius 1 is 1.03 bits per heavy atom. The van der Waals surface area contributed by atoms with E-state index >= 15 is 0 Å². The normalized spacial score (nSPS) is 14.7. The van der Waals surface area contributed by atoms with E-state index in [4.69, 9.17) is 0 Å². The number of aromatic nitrogens is 2.